The number of hydrogen-bond acceptors (Lipinski definition) is 6. The van der Waals surface area contributed by atoms with Gasteiger partial charge < -0.3 is 9.72 Å². The summed E-state index contributed by atoms with van der Waals surface area (Å²) in [7, 11) is 0. The maximum Gasteiger partial charge on any atom is 0.451 e. The molecule has 4 aromatic rings. The normalized spacial score (nSPS) is 12.0. The Morgan fingerprint density at radius 2 is 2.07 bits per heavy atom. The molecule has 0 spiro atoms. The predicted molar refractivity (Wildman–Crippen MR) is 86.7 cm³/mol. The summed E-state index contributed by atoms with van der Waals surface area (Å²) in [5, 5.41) is 5.56. The number of aromatic amines is 2. The molecule has 2 N–H and O–H groups in total. The minimum absolute atomic E-state index is 0.131. The first kappa shape index (κ1) is 17.0. The lowest BCUT2D eigenvalue weighted by molar-refractivity contribution is -0.144. The van der Waals surface area contributed by atoms with Gasteiger partial charge in [-0.3, -0.25) is 9.50 Å². The van der Waals surface area contributed by atoms with E-state index in [1.165, 1.54) is 18.7 Å². The number of alkyl halides is 3. The molecular formula is C15H13F3N8O. The van der Waals surface area contributed by atoms with Crippen LogP contribution < -0.4 is 4.74 Å². The molecule has 27 heavy (non-hydrogen) atoms. The van der Waals surface area contributed by atoms with E-state index in [0.29, 0.717) is 23.7 Å². The van der Waals surface area contributed by atoms with E-state index < -0.39 is 12.0 Å². The highest BCUT2D eigenvalue weighted by Gasteiger charge is 2.36. The Balaban J connectivity index is 1.89. The fourth-order valence-electron chi connectivity index (χ4n) is 2.50. The Kier molecular flexibility index (Phi) is 4.01. The van der Waals surface area contributed by atoms with Crippen LogP contribution in [-0.4, -0.2) is 46.1 Å². The minimum Gasteiger partial charge on any atom is -0.490 e. The van der Waals surface area contributed by atoms with Gasteiger partial charge in [-0.05, 0) is 6.42 Å². The van der Waals surface area contributed by atoms with Crippen LogP contribution in [0.3, 0.4) is 0 Å². The van der Waals surface area contributed by atoms with E-state index in [2.05, 4.69) is 30.0 Å². The van der Waals surface area contributed by atoms with E-state index in [4.69, 9.17) is 4.74 Å². The number of aromatic nitrogens is 8. The van der Waals surface area contributed by atoms with E-state index in [1.807, 2.05) is 12.0 Å². The summed E-state index contributed by atoms with van der Waals surface area (Å²) in [5.74, 6) is -0.643. The summed E-state index contributed by atoms with van der Waals surface area (Å²) in [5.41, 5.74) is 1.07. The summed E-state index contributed by atoms with van der Waals surface area (Å²) >= 11 is 0. The van der Waals surface area contributed by atoms with Gasteiger partial charge in [0.05, 0.1) is 37.2 Å². The van der Waals surface area contributed by atoms with Crippen molar-refractivity contribution in [1.82, 2.24) is 39.5 Å². The van der Waals surface area contributed by atoms with Gasteiger partial charge in [-0.1, -0.05) is 6.92 Å². The van der Waals surface area contributed by atoms with E-state index in [9.17, 15) is 13.2 Å². The molecule has 0 bridgehead atoms. The second kappa shape index (κ2) is 6.37. The monoisotopic (exact) mass is 378 g/mol. The molecule has 4 rings (SSSR count). The van der Waals surface area contributed by atoms with Gasteiger partial charge in [0, 0.05) is 0 Å². The van der Waals surface area contributed by atoms with Crippen LogP contribution in [0.2, 0.25) is 0 Å². The average molecular weight is 378 g/mol. The van der Waals surface area contributed by atoms with Gasteiger partial charge in [0.2, 0.25) is 17.4 Å². The van der Waals surface area contributed by atoms with Crippen LogP contribution in [0.25, 0.3) is 28.7 Å². The summed E-state index contributed by atoms with van der Waals surface area (Å²) in [6.45, 7) is 2.47. The number of rotatable bonds is 5. The first-order valence-corrected chi connectivity index (χ1v) is 7.97. The molecule has 9 nitrogen and oxygen atoms in total. The molecule has 0 unspecified atom stereocenters. The molecule has 0 saturated heterocycles. The van der Waals surface area contributed by atoms with Crippen molar-refractivity contribution in [3.63, 3.8) is 0 Å². The van der Waals surface area contributed by atoms with Crippen LogP contribution in [0.1, 0.15) is 19.2 Å². The van der Waals surface area contributed by atoms with Crippen molar-refractivity contribution >= 4 is 5.78 Å². The van der Waals surface area contributed by atoms with Crippen molar-refractivity contribution in [1.29, 1.82) is 0 Å². The van der Waals surface area contributed by atoms with Crippen molar-refractivity contribution in [3.05, 3.63) is 30.7 Å². The van der Waals surface area contributed by atoms with Gasteiger partial charge in [0.25, 0.3) is 0 Å². The lowest BCUT2D eigenvalue weighted by Gasteiger charge is -2.05. The number of imidazole rings is 2. The highest BCUT2D eigenvalue weighted by Crippen LogP contribution is 2.32. The van der Waals surface area contributed by atoms with Gasteiger partial charge in [-0.15, -0.1) is 0 Å². The summed E-state index contributed by atoms with van der Waals surface area (Å²) < 4.78 is 45.8. The molecule has 0 aliphatic rings. The van der Waals surface area contributed by atoms with Gasteiger partial charge in [-0.25, -0.2) is 19.9 Å². The summed E-state index contributed by atoms with van der Waals surface area (Å²) in [4.78, 5) is 18.9. The topological polar surface area (TPSA) is 110 Å². The summed E-state index contributed by atoms with van der Waals surface area (Å²) in [6.07, 6.45) is 2.29. The number of fused-ring (bicyclic) bond motifs is 1. The van der Waals surface area contributed by atoms with E-state index in [1.54, 1.807) is 10.6 Å². The maximum absolute atomic E-state index is 12.9. The molecule has 0 atom stereocenters. The van der Waals surface area contributed by atoms with Crippen molar-refractivity contribution in [2.75, 3.05) is 6.61 Å². The number of halogens is 3. The zero-order chi connectivity index (χ0) is 19.0. The number of ether oxygens (including phenoxy) is 1. The number of nitrogens with one attached hydrogen (secondary N) is 2. The van der Waals surface area contributed by atoms with Crippen LogP contribution >= 0.6 is 0 Å². The van der Waals surface area contributed by atoms with Gasteiger partial charge >= 0.3 is 6.18 Å². The Bertz CT molecular complexity index is 1070. The SMILES string of the molecule is CCCOc1cnc2nc(-c3n[nH]c(C(F)(F)F)n3)c(-c3cnc[nH]3)n2c1. The predicted octanol–water partition coefficient (Wildman–Crippen LogP) is 2.71. The standard InChI is InChI=1S/C15H13F3N8O/c1-2-3-27-8-4-20-14-22-10(12-23-13(25-24-12)15(16,17)18)11(26(14)6-8)9-5-19-7-21-9/h4-7H,2-3H2,1H3,(H,19,21)(H,23,24,25). The average Bonchev–Trinajstić information content (AvgIpc) is 3.36. The van der Waals surface area contributed by atoms with E-state index in [-0.39, 0.29) is 17.3 Å². The number of nitrogens with zero attached hydrogens (tertiary/aromatic N) is 6. The van der Waals surface area contributed by atoms with Crippen LogP contribution in [0.15, 0.2) is 24.9 Å². The smallest absolute Gasteiger partial charge is 0.451 e. The van der Waals surface area contributed by atoms with Crippen LogP contribution in [0.5, 0.6) is 5.75 Å². The van der Waals surface area contributed by atoms with E-state index in [0.717, 1.165) is 6.42 Å². The maximum atomic E-state index is 12.9. The van der Waals surface area contributed by atoms with Crippen LogP contribution in [0.4, 0.5) is 13.2 Å². The first-order valence-electron chi connectivity index (χ1n) is 7.97. The zero-order valence-electron chi connectivity index (χ0n) is 13.9. The highest BCUT2D eigenvalue weighted by atomic mass is 19.4. The van der Waals surface area contributed by atoms with Gasteiger partial charge in [0.1, 0.15) is 11.4 Å². The minimum atomic E-state index is -4.64. The Morgan fingerprint density at radius 1 is 1.22 bits per heavy atom. The summed E-state index contributed by atoms with van der Waals surface area (Å²) in [6, 6.07) is 0. The molecule has 0 aromatic carbocycles. The fourth-order valence-corrected chi connectivity index (χ4v) is 2.50. The lowest BCUT2D eigenvalue weighted by atomic mass is 10.2. The molecule has 4 aromatic heterocycles. The third-order valence-corrected chi connectivity index (χ3v) is 3.65. The third kappa shape index (κ3) is 3.09. The zero-order valence-corrected chi connectivity index (χ0v) is 13.9. The molecule has 0 fully saturated rings. The Labute approximate surface area is 149 Å². The van der Waals surface area contributed by atoms with Crippen molar-refractivity contribution in [3.8, 4) is 28.7 Å². The number of H-pyrrole nitrogens is 2. The van der Waals surface area contributed by atoms with Gasteiger partial charge in [-0.2, -0.15) is 18.3 Å². The van der Waals surface area contributed by atoms with Crippen molar-refractivity contribution in [2.45, 2.75) is 19.5 Å². The molecule has 0 radical (unpaired) electrons. The molecule has 12 heteroatoms. The Hall–Kier alpha value is -3.44. The second-order valence-corrected chi connectivity index (χ2v) is 5.59. The van der Waals surface area contributed by atoms with Crippen LogP contribution in [0, 0.1) is 0 Å². The highest BCUT2D eigenvalue weighted by molar-refractivity contribution is 5.76. The molecule has 0 aliphatic heterocycles. The molecule has 0 saturated carbocycles. The molecule has 0 aliphatic carbocycles. The second-order valence-electron chi connectivity index (χ2n) is 5.59. The molecule has 140 valence electrons. The largest absolute Gasteiger partial charge is 0.490 e. The lowest BCUT2D eigenvalue weighted by Crippen LogP contribution is -2.07. The van der Waals surface area contributed by atoms with Crippen LogP contribution in [-0.2, 0) is 6.18 Å². The fraction of sp³-hybridized carbons (Fsp3) is 0.267. The van der Waals surface area contributed by atoms with Crippen molar-refractivity contribution in [2.24, 2.45) is 0 Å². The van der Waals surface area contributed by atoms with E-state index >= 15 is 0 Å². The quantitative estimate of drug-likeness (QED) is 0.553. The van der Waals surface area contributed by atoms with Gasteiger partial charge in [0.15, 0.2) is 5.75 Å². The first-order chi connectivity index (χ1) is 13.0. The molecule has 4 heterocycles. The Morgan fingerprint density at radius 3 is 2.74 bits per heavy atom. The molecular weight excluding hydrogens is 365 g/mol. The van der Waals surface area contributed by atoms with Crippen molar-refractivity contribution < 1.29 is 17.9 Å². The third-order valence-electron chi connectivity index (χ3n) is 3.65. The molecule has 0 amide bonds. The number of hydrogen-bond donors (Lipinski definition) is 2.